The lowest BCUT2D eigenvalue weighted by Crippen LogP contribution is -2.25. The SMILES string of the molecule is O=C(Cn1cnc2scc(-c3cccs3)c2c1=O)OCc1nnsc1Cl. The Hall–Kier alpha value is -2.14. The lowest BCUT2D eigenvalue weighted by molar-refractivity contribution is -0.145. The van der Waals surface area contributed by atoms with Gasteiger partial charge in [-0.05, 0) is 11.4 Å². The predicted octanol–water partition coefficient (Wildman–Crippen LogP) is 3.43. The number of hydrogen-bond acceptors (Lipinski definition) is 9. The Morgan fingerprint density at radius 2 is 2.23 bits per heavy atom. The van der Waals surface area contributed by atoms with Gasteiger partial charge in [-0.1, -0.05) is 22.2 Å². The van der Waals surface area contributed by atoms with Crippen molar-refractivity contribution in [1.29, 1.82) is 0 Å². The van der Waals surface area contributed by atoms with Crippen LogP contribution in [0.5, 0.6) is 0 Å². The minimum Gasteiger partial charge on any atom is -0.458 e. The fourth-order valence-electron chi connectivity index (χ4n) is 2.31. The minimum atomic E-state index is -0.579. The third-order valence-corrected chi connectivity index (χ3v) is 6.30. The second kappa shape index (κ2) is 7.23. The molecular weight excluding hydrogens is 416 g/mol. The number of halogens is 1. The predicted molar refractivity (Wildman–Crippen MR) is 102 cm³/mol. The zero-order valence-corrected chi connectivity index (χ0v) is 16.1. The van der Waals surface area contributed by atoms with Gasteiger partial charge < -0.3 is 4.74 Å². The minimum absolute atomic E-state index is 0.0858. The van der Waals surface area contributed by atoms with Crippen LogP contribution in [0.3, 0.4) is 0 Å². The topological polar surface area (TPSA) is 87.0 Å². The lowest BCUT2D eigenvalue weighted by atomic mass is 10.2. The summed E-state index contributed by atoms with van der Waals surface area (Å²) in [5.41, 5.74) is 0.953. The van der Waals surface area contributed by atoms with E-state index in [4.69, 9.17) is 16.3 Å². The molecule has 0 amide bonds. The summed E-state index contributed by atoms with van der Waals surface area (Å²) in [5.74, 6) is -0.579. The monoisotopic (exact) mass is 424 g/mol. The quantitative estimate of drug-likeness (QED) is 0.456. The van der Waals surface area contributed by atoms with Crippen molar-refractivity contribution in [2.45, 2.75) is 13.2 Å². The van der Waals surface area contributed by atoms with Gasteiger partial charge in [0.25, 0.3) is 5.56 Å². The smallest absolute Gasteiger partial charge is 0.326 e. The Balaban J connectivity index is 1.58. The maximum atomic E-state index is 12.8. The van der Waals surface area contributed by atoms with E-state index < -0.39 is 5.97 Å². The van der Waals surface area contributed by atoms with Gasteiger partial charge >= 0.3 is 5.97 Å². The number of rotatable bonds is 5. The Kier molecular flexibility index (Phi) is 4.81. The van der Waals surface area contributed by atoms with E-state index in [0.717, 1.165) is 22.0 Å². The van der Waals surface area contributed by atoms with Crippen LogP contribution in [-0.4, -0.2) is 25.1 Å². The summed E-state index contributed by atoms with van der Waals surface area (Å²) >= 11 is 9.83. The van der Waals surface area contributed by atoms with E-state index in [1.807, 2.05) is 22.9 Å². The average Bonchev–Trinajstić information content (AvgIpc) is 3.35. The summed E-state index contributed by atoms with van der Waals surface area (Å²) in [6.07, 6.45) is 1.36. The largest absolute Gasteiger partial charge is 0.458 e. The maximum Gasteiger partial charge on any atom is 0.326 e. The number of aromatic nitrogens is 4. The number of esters is 1. The molecule has 0 saturated heterocycles. The van der Waals surface area contributed by atoms with Gasteiger partial charge in [0.15, 0.2) is 0 Å². The Morgan fingerprint density at radius 3 is 2.96 bits per heavy atom. The number of thiophene rings is 2. The summed E-state index contributed by atoms with van der Waals surface area (Å²) in [7, 11) is 0. The molecule has 0 N–H and O–H groups in total. The fraction of sp³-hybridized carbons (Fsp3) is 0.133. The van der Waals surface area contributed by atoms with Gasteiger partial charge in [-0.2, -0.15) is 0 Å². The van der Waals surface area contributed by atoms with Crippen molar-refractivity contribution in [3.05, 3.63) is 49.6 Å². The normalized spacial score (nSPS) is 11.1. The van der Waals surface area contributed by atoms with Gasteiger partial charge in [0, 0.05) is 27.4 Å². The number of fused-ring (bicyclic) bond motifs is 1. The standard InChI is InChI=1S/C15H9ClN4O3S3/c16-13-9(18-19-26-13)5-23-11(21)4-20-7-17-14-12(15(20)22)8(6-25-14)10-2-1-3-24-10/h1-3,6-7H,4-5H2. The molecule has 7 nitrogen and oxygen atoms in total. The summed E-state index contributed by atoms with van der Waals surface area (Å²) < 4.78 is 10.4. The number of nitrogens with zero attached hydrogens (tertiary/aromatic N) is 4. The van der Waals surface area contributed by atoms with E-state index >= 15 is 0 Å². The van der Waals surface area contributed by atoms with E-state index in [-0.39, 0.29) is 18.7 Å². The molecule has 0 aliphatic rings. The molecule has 0 fully saturated rings. The van der Waals surface area contributed by atoms with Crippen molar-refractivity contribution in [2.75, 3.05) is 0 Å². The van der Waals surface area contributed by atoms with Crippen LogP contribution >= 0.6 is 45.8 Å². The van der Waals surface area contributed by atoms with E-state index in [2.05, 4.69) is 14.6 Å². The van der Waals surface area contributed by atoms with Crippen molar-refractivity contribution in [3.8, 4) is 10.4 Å². The second-order valence-corrected chi connectivity index (χ2v) is 8.30. The van der Waals surface area contributed by atoms with Crippen LogP contribution in [0.15, 0.2) is 34.0 Å². The van der Waals surface area contributed by atoms with Crippen LogP contribution in [-0.2, 0) is 22.7 Å². The van der Waals surface area contributed by atoms with Crippen molar-refractivity contribution in [2.24, 2.45) is 0 Å². The van der Waals surface area contributed by atoms with Crippen LogP contribution in [0, 0.1) is 0 Å². The van der Waals surface area contributed by atoms with Gasteiger partial charge in [-0.15, -0.1) is 27.8 Å². The molecule has 0 atom stereocenters. The molecule has 4 aromatic heterocycles. The van der Waals surface area contributed by atoms with Gasteiger partial charge in [0.1, 0.15) is 28.0 Å². The Bertz CT molecular complexity index is 1130. The number of carbonyl (C=O) groups is 1. The highest BCUT2D eigenvalue weighted by molar-refractivity contribution is 7.18. The van der Waals surface area contributed by atoms with Gasteiger partial charge in [0.2, 0.25) is 0 Å². The molecule has 4 rings (SSSR count). The number of ether oxygens (including phenoxy) is 1. The third-order valence-electron chi connectivity index (χ3n) is 3.53. The second-order valence-electron chi connectivity index (χ2n) is 5.14. The summed E-state index contributed by atoms with van der Waals surface area (Å²) in [4.78, 5) is 30.8. The molecule has 4 heterocycles. The molecule has 0 aliphatic carbocycles. The van der Waals surface area contributed by atoms with E-state index in [0.29, 0.717) is 20.2 Å². The molecule has 26 heavy (non-hydrogen) atoms. The molecule has 0 aromatic carbocycles. The third kappa shape index (κ3) is 3.28. The highest BCUT2D eigenvalue weighted by Gasteiger charge is 2.16. The first-order valence-corrected chi connectivity index (χ1v) is 10.2. The van der Waals surface area contributed by atoms with Crippen molar-refractivity contribution < 1.29 is 9.53 Å². The zero-order valence-electron chi connectivity index (χ0n) is 12.9. The molecule has 0 bridgehead atoms. The average molecular weight is 425 g/mol. The maximum absolute atomic E-state index is 12.8. The Morgan fingerprint density at radius 1 is 1.35 bits per heavy atom. The van der Waals surface area contributed by atoms with Crippen molar-refractivity contribution >= 4 is 62.0 Å². The first-order valence-electron chi connectivity index (χ1n) is 7.26. The van der Waals surface area contributed by atoms with Crippen molar-refractivity contribution in [1.82, 2.24) is 19.1 Å². The van der Waals surface area contributed by atoms with Gasteiger partial charge in [0.05, 0.1) is 11.7 Å². The molecule has 0 radical (unpaired) electrons. The van der Waals surface area contributed by atoms with E-state index in [1.54, 1.807) is 11.3 Å². The number of carbonyl (C=O) groups excluding carboxylic acids is 1. The Labute approximate surface area is 163 Å². The van der Waals surface area contributed by atoms with Crippen LogP contribution in [0.1, 0.15) is 5.69 Å². The molecule has 11 heteroatoms. The highest BCUT2D eigenvalue weighted by Crippen LogP contribution is 2.33. The van der Waals surface area contributed by atoms with Crippen LogP contribution < -0.4 is 5.56 Å². The van der Waals surface area contributed by atoms with Crippen LogP contribution in [0.2, 0.25) is 4.34 Å². The van der Waals surface area contributed by atoms with E-state index in [1.165, 1.54) is 22.2 Å². The molecule has 0 aliphatic heterocycles. The molecule has 132 valence electrons. The molecule has 0 spiro atoms. The summed E-state index contributed by atoms with van der Waals surface area (Å²) in [6.45, 7) is -0.325. The molecule has 0 saturated carbocycles. The molecule has 0 unspecified atom stereocenters. The summed E-state index contributed by atoms with van der Waals surface area (Å²) in [6, 6.07) is 3.87. The van der Waals surface area contributed by atoms with Crippen molar-refractivity contribution in [3.63, 3.8) is 0 Å². The van der Waals surface area contributed by atoms with Gasteiger partial charge in [-0.3, -0.25) is 14.2 Å². The lowest BCUT2D eigenvalue weighted by Gasteiger charge is -2.06. The van der Waals surface area contributed by atoms with Gasteiger partial charge in [-0.25, -0.2) is 4.98 Å². The first kappa shape index (κ1) is 17.3. The van der Waals surface area contributed by atoms with E-state index in [9.17, 15) is 9.59 Å². The van der Waals surface area contributed by atoms with Crippen LogP contribution in [0.25, 0.3) is 20.7 Å². The molecule has 4 aromatic rings. The van der Waals surface area contributed by atoms with Crippen LogP contribution in [0.4, 0.5) is 0 Å². The summed E-state index contributed by atoms with van der Waals surface area (Å²) in [5, 5.41) is 8.14. The molecular formula is C15H9ClN4O3S3. The fourth-order valence-corrected chi connectivity index (χ4v) is 4.63. The zero-order chi connectivity index (χ0) is 18.1. The highest BCUT2D eigenvalue weighted by atomic mass is 35.5. The first-order chi connectivity index (χ1) is 12.6. The number of hydrogen-bond donors (Lipinski definition) is 0.